The second kappa shape index (κ2) is 4.17. The van der Waals surface area contributed by atoms with Crippen LogP contribution in [0, 0.1) is 5.82 Å². The summed E-state index contributed by atoms with van der Waals surface area (Å²) in [5.41, 5.74) is 5.39. The van der Waals surface area contributed by atoms with Crippen molar-refractivity contribution in [1.82, 2.24) is 0 Å². The van der Waals surface area contributed by atoms with Gasteiger partial charge in [0.05, 0.1) is 18.2 Å². The molecular formula is C9H10FNO3. The van der Waals surface area contributed by atoms with E-state index in [-0.39, 0.29) is 6.61 Å². The lowest BCUT2D eigenvalue weighted by Gasteiger charge is -2.08. The van der Waals surface area contributed by atoms with E-state index >= 15 is 0 Å². The summed E-state index contributed by atoms with van der Waals surface area (Å²) in [6.07, 6.45) is 0. The Morgan fingerprint density at radius 2 is 2.21 bits per heavy atom. The smallest absolute Gasteiger partial charge is 0.338 e. The van der Waals surface area contributed by atoms with Gasteiger partial charge >= 0.3 is 5.97 Å². The second-order valence-corrected chi connectivity index (χ2v) is 2.83. The molecule has 1 aromatic carbocycles. The second-order valence-electron chi connectivity index (χ2n) is 2.83. The van der Waals surface area contributed by atoms with Crippen molar-refractivity contribution in [3.63, 3.8) is 0 Å². The number of hydrogen-bond acceptors (Lipinski definition) is 3. The van der Waals surface area contributed by atoms with E-state index in [9.17, 15) is 9.18 Å². The molecule has 76 valence electrons. The molecule has 0 aliphatic rings. The molecule has 5 heteroatoms. The molecule has 0 aliphatic heterocycles. The fourth-order valence-electron chi connectivity index (χ4n) is 1.04. The van der Waals surface area contributed by atoms with Gasteiger partial charge in [-0.3, -0.25) is 0 Å². The maximum Gasteiger partial charge on any atom is 0.338 e. The zero-order valence-electron chi connectivity index (χ0n) is 7.27. The van der Waals surface area contributed by atoms with Crippen LogP contribution < -0.4 is 5.73 Å². The third kappa shape index (κ3) is 2.07. The van der Waals surface area contributed by atoms with E-state index in [1.54, 1.807) is 0 Å². The van der Waals surface area contributed by atoms with E-state index in [2.05, 4.69) is 0 Å². The number of carboxylic acid groups (broad SMARTS) is 1. The van der Waals surface area contributed by atoms with Crippen LogP contribution in [0.5, 0.6) is 0 Å². The summed E-state index contributed by atoms with van der Waals surface area (Å²) in [4.78, 5) is 10.5. The molecule has 0 fully saturated rings. The minimum Gasteiger partial charge on any atom is -0.478 e. The Balaban J connectivity index is 3.06. The number of halogens is 1. The van der Waals surface area contributed by atoms with Crippen LogP contribution in [0.15, 0.2) is 18.2 Å². The van der Waals surface area contributed by atoms with Crippen molar-refractivity contribution in [3.05, 3.63) is 35.1 Å². The fraction of sp³-hybridized carbons (Fsp3) is 0.222. The molecule has 0 aliphatic carbocycles. The first kappa shape index (κ1) is 10.6. The van der Waals surface area contributed by atoms with Gasteiger partial charge in [-0.1, -0.05) is 6.07 Å². The highest BCUT2D eigenvalue weighted by molar-refractivity contribution is 5.87. The van der Waals surface area contributed by atoms with Gasteiger partial charge in [0.15, 0.2) is 0 Å². The predicted octanol–water partition coefficient (Wildman–Crippen LogP) is 0.516. The number of aliphatic hydroxyl groups is 1. The van der Waals surface area contributed by atoms with E-state index in [0.717, 1.165) is 12.1 Å². The molecule has 1 atom stereocenters. The lowest BCUT2D eigenvalue weighted by Crippen LogP contribution is -2.15. The number of aliphatic hydroxyl groups excluding tert-OH is 1. The number of aromatic carboxylic acids is 1. The number of nitrogens with two attached hydrogens (primary N) is 1. The molecule has 0 spiro atoms. The number of hydrogen-bond donors (Lipinski definition) is 3. The van der Waals surface area contributed by atoms with Crippen LogP contribution in [0.3, 0.4) is 0 Å². The van der Waals surface area contributed by atoms with Crippen LogP contribution >= 0.6 is 0 Å². The van der Waals surface area contributed by atoms with Gasteiger partial charge in [-0.2, -0.15) is 0 Å². The molecule has 4 N–H and O–H groups in total. The highest BCUT2D eigenvalue weighted by Crippen LogP contribution is 2.15. The monoisotopic (exact) mass is 199 g/mol. The van der Waals surface area contributed by atoms with E-state index < -0.39 is 23.4 Å². The summed E-state index contributed by atoms with van der Waals surface area (Å²) >= 11 is 0. The number of rotatable bonds is 3. The fourth-order valence-corrected chi connectivity index (χ4v) is 1.04. The molecular weight excluding hydrogens is 189 g/mol. The molecule has 0 aromatic heterocycles. The molecule has 14 heavy (non-hydrogen) atoms. The highest BCUT2D eigenvalue weighted by Gasteiger charge is 2.12. The Bertz CT molecular complexity index is 354. The summed E-state index contributed by atoms with van der Waals surface area (Å²) < 4.78 is 13.1. The maximum atomic E-state index is 13.1. The topological polar surface area (TPSA) is 83.5 Å². The molecule has 0 saturated heterocycles. The van der Waals surface area contributed by atoms with E-state index in [1.807, 2.05) is 0 Å². The third-order valence-corrected chi connectivity index (χ3v) is 1.85. The van der Waals surface area contributed by atoms with Crippen molar-refractivity contribution in [2.75, 3.05) is 6.61 Å². The molecule has 0 unspecified atom stereocenters. The largest absolute Gasteiger partial charge is 0.478 e. The summed E-state index contributed by atoms with van der Waals surface area (Å²) in [6, 6.07) is 2.84. The van der Waals surface area contributed by atoms with E-state index in [0.29, 0.717) is 5.56 Å². The van der Waals surface area contributed by atoms with Crippen molar-refractivity contribution < 1.29 is 19.4 Å². The van der Waals surface area contributed by atoms with Gasteiger partial charge in [0.2, 0.25) is 0 Å². The molecule has 0 radical (unpaired) electrons. The first-order valence-electron chi connectivity index (χ1n) is 3.95. The van der Waals surface area contributed by atoms with Crippen LogP contribution in [0.1, 0.15) is 22.0 Å². The average molecular weight is 199 g/mol. The van der Waals surface area contributed by atoms with Gasteiger partial charge in [-0.15, -0.1) is 0 Å². The quantitative estimate of drug-likeness (QED) is 0.662. The van der Waals surface area contributed by atoms with Gasteiger partial charge in [0.1, 0.15) is 5.82 Å². The standard InChI is InChI=1S/C9H10FNO3/c10-7-3-5(8(11)4-12)1-2-6(7)9(13)14/h1-3,8,12H,4,11H2,(H,13,14)/t8-/m1/s1. The number of carbonyl (C=O) groups is 1. The van der Waals surface area contributed by atoms with Gasteiger partial charge < -0.3 is 15.9 Å². The van der Waals surface area contributed by atoms with Gasteiger partial charge in [0.25, 0.3) is 0 Å². The molecule has 0 amide bonds. The first-order valence-corrected chi connectivity index (χ1v) is 3.95. The maximum absolute atomic E-state index is 13.1. The first-order chi connectivity index (χ1) is 6.56. The van der Waals surface area contributed by atoms with Crippen molar-refractivity contribution >= 4 is 5.97 Å². The molecule has 0 saturated carbocycles. The van der Waals surface area contributed by atoms with E-state index in [1.165, 1.54) is 6.07 Å². The Hall–Kier alpha value is -1.46. The Kier molecular flexibility index (Phi) is 3.16. The molecule has 1 aromatic rings. The van der Waals surface area contributed by atoms with Gasteiger partial charge in [0, 0.05) is 0 Å². The SMILES string of the molecule is N[C@H](CO)c1ccc(C(=O)O)c(F)c1. The Labute approximate surface area is 79.8 Å². The highest BCUT2D eigenvalue weighted by atomic mass is 19.1. The average Bonchev–Trinajstić information content (AvgIpc) is 2.15. The molecule has 0 heterocycles. The zero-order chi connectivity index (χ0) is 10.7. The van der Waals surface area contributed by atoms with Crippen molar-refractivity contribution in [3.8, 4) is 0 Å². The Morgan fingerprint density at radius 3 is 2.64 bits per heavy atom. The number of carboxylic acids is 1. The van der Waals surface area contributed by atoms with Crippen LogP contribution in [-0.2, 0) is 0 Å². The zero-order valence-corrected chi connectivity index (χ0v) is 7.27. The molecule has 0 bridgehead atoms. The van der Waals surface area contributed by atoms with Crippen molar-refractivity contribution in [2.24, 2.45) is 5.73 Å². The summed E-state index contributed by atoms with van der Waals surface area (Å²) in [6.45, 7) is -0.314. The van der Waals surface area contributed by atoms with Crippen LogP contribution in [-0.4, -0.2) is 22.8 Å². The summed E-state index contributed by atoms with van der Waals surface area (Å²) in [5.74, 6) is -2.18. The minimum absolute atomic E-state index is 0.314. The van der Waals surface area contributed by atoms with Gasteiger partial charge in [-0.05, 0) is 17.7 Å². The third-order valence-electron chi connectivity index (χ3n) is 1.85. The van der Waals surface area contributed by atoms with Gasteiger partial charge in [-0.25, -0.2) is 9.18 Å². The lowest BCUT2D eigenvalue weighted by atomic mass is 10.1. The predicted molar refractivity (Wildman–Crippen MR) is 47.4 cm³/mol. The van der Waals surface area contributed by atoms with Crippen molar-refractivity contribution in [2.45, 2.75) is 6.04 Å². The Morgan fingerprint density at radius 1 is 1.57 bits per heavy atom. The minimum atomic E-state index is -1.33. The van der Waals surface area contributed by atoms with Crippen LogP contribution in [0.4, 0.5) is 4.39 Å². The van der Waals surface area contributed by atoms with Crippen LogP contribution in [0.2, 0.25) is 0 Å². The van der Waals surface area contributed by atoms with Crippen molar-refractivity contribution in [1.29, 1.82) is 0 Å². The lowest BCUT2D eigenvalue weighted by molar-refractivity contribution is 0.0692. The van der Waals surface area contributed by atoms with Crippen LogP contribution in [0.25, 0.3) is 0 Å². The summed E-state index contributed by atoms with van der Waals surface area (Å²) in [5, 5.41) is 17.2. The molecule has 4 nitrogen and oxygen atoms in total. The normalized spacial score (nSPS) is 12.5. The number of benzene rings is 1. The summed E-state index contributed by atoms with van der Waals surface area (Å²) in [7, 11) is 0. The molecule has 1 rings (SSSR count). The van der Waals surface area contributed by atoms with E-state index in [4.69, 9.17) is 15.9 Å².